The molecule has 2 aliphatic carbocycles. The molecule has 1 nitrogen and oxygen atoms in total. The zero-order chi connectivity index (χ0) is 12.0. The van der Waals surface area contributed by atoms with Gasteiger partial charge in [0.05, 0.1) is 5.76 Å². The zero-order valence-corrected chi connectivity index (χ0v) is 11.3. The lowest BCUT2D eigenvalue weighted by Crippen LogP contribution is -2.44. The quantitative estimate of drug-likeness (QED) is 0.582. The second-order valence-corrected chi connectivity index (χ2v) is 6.95. The average molecular weight is 222 g/mol. The molecule has 2 saturated carbocycles. The van der Waals surface area contributed by atoms with Gasteiger partial charge in [0.15, 0.2) is 0 Å². The third-order valence-electron chi connectivity index (χ3n) is 5.22. The van der Waals surface area contributed by atoms with E-state index in [1.54, 1.807) is 0 Å². The Morgan fingerprint density at radius 2 is 1.94 bits per heavy atom. The van der Waals surface area contributed by atoms with Crippen LogP contribution in [0.3, 0.4) is 0 Å². The molecule has 2 atom stereocenters. The van der Waals surface area contributed by atoms with Gasteiger partial charge in [-0.05, 0) is 61.3 Å². The Balaban J connectivity index is 2.26. The minimum atomic E-state index is 0.444. The van der Waals surface area contributed by atoms with E-state index >= 15 is 0 Å². The van der Waals surface area contributed by atoms with Crippen LogP contribution in [0.15, 0.2) is 11.3 Å². The highest BCUT2D eigenvalue weighted by molar-refractivity contribution is 5.15. The van der Waals surface area contributed by atoms with E-state index in [1.165, 1.54) is 31.3 Å². The van der Waals surface area contributed by atoms with Gasteiger partial charge in [-0.3, -0.25) is 0 Å². The molecular formula is C15H26O. The van der Waals surface area contributed by atoms with Gasteiger partial charge >= 0.3 is 0 Å². The molecule has 0 saturated heterocycles. The Bertz CT molecular complexity index is 309. The molecule has 2 aliphatic rings. The molecule has 1 heteroatoms. The summed E-state index contributed by atoms with van der Waals surface area (Å²) >= 11 is 0. The predicted molar refractivity (Wildman–Crippen MR) is 68.4 cm³/mol. The average Bonchev–Trinajstić information content (AvgIpc) is 2.15. The lowest BCUT2D eigenvalue weighted by atomic mass is 9.51. The first-order chi connectivity index (χ1) is 7.35. The fourth-order valence-electron chi connectivity index (χ4n) is 4.39. The van der Waals surface area contributed by atoms with E-state index in [-0.39, 0.29) is 0 Å². The summed E-state index contributed by atoms with van der Waals surface area (Å²) in [6.45, 7) is 9.18. The van der Waals surface area contributed by atoms with E-state index in [2.05, 4.69) is 20.8 Å². The third-order valence-corrected chi connectivity index (χ3v) is 5.22. The van der Waals surface area contributed by atoms with Crippen molar-refractivity contribution in [2.45, 2.75) is 66.2 Å². The molecule has 0 spiro atoms. The molecule has 0 bridgehead atoms. The van der Waals surface area contributed by atoms with Crippen LogP contribution in [-0.2, 0) is 0 Å². The van der Waals surface area contributed by atoms with Gasteiger partial charge in [-0.2, -0.15) is 0 Å². The van der Waals surface area contributed by atoms with Gasteiger partial charge in [0.1, 0.15) is 0 Å². The molecule has 2 fully saturated rings. The highest BCUT2D eigenvalue weighted by atomic mass is 16.3. The van der Waals surface area contributed by atoms with Gasteiger partial charge in [0, 0.05) is 0 Å². The lowest BCUT2D eigenvalue weighted by molar-refractivity contribution is -0.0182. The van der Waals surface area contributed by atoms with Crippen LogP contribution in [0.4, 0.5) is 0 Å². The Morgan fingerprint density at radius 1 is 1.25 bits per heavy atom. The molecule has 0 aromatic carbocycles. The summed E-state index contributed by atoms with van der Waals surface area (Å²) in [5.41, 5.74) is 2.26. The molecule has 0 aliphatic heterocycles. The summed E-state index contributed by atoms with van der Waals surface area (Å²) in [5.74, 6) is 1.43. The van der Waals surface area contributed by atoms with Crippen LogP contribution in [0.25, 0.3) is 0 Å². The van der Waals surface area contributed by atoms with Crippen LogP contribution >= 0.6 is 0 Å². The van der Waals surface area contributed by atoms with Crippen LogP contribution in [-0.4, -0.2) is 5.11 Å². The molecule has 92 valence electrons. The van der Waals surface area contributed by atoms with Crippen molar-refractivity contribution in [2.75, 3.05) is 0 Å². The third kappa shape index (κ3) is 1.89. The van der Waals surface area contributed by atoms with E-state index < -0.39 is 0 Å². The van der Waals surface area contributed by atoms with Gasteiger partial charge < -0.3 is 5.11 Å². The van der Waals surface area contributed by atoms with Crippen LogP contribution in [0.1, 0.15) is 66.2 Å². The van der Waals surface area contributed by atoms with Crippen molar-refractivity contribution in [1.29, 1.82) is 0 Å². The van der Waals surface area contributed by atoms with Crippen LogP contribution in [0.5, 0.6) is 0 Å². The first kappa shape index (κ1) is 12.0. The topological polar surface area (TPSA) is 20.2 Å². The summed E-state index contributed by atoms with van der Waals surface area (Å²) in [7, 11) is 0. The lowest BCUT2D eigenvalue weighted by Gasteiger charge is -2.54. The van der Waals surface area contributed by atoms with Gasteiger partial charge in [-0.1, -0.05) is 27.2 Å². The van der Waals surface area contributed by atoms with Crippen molar-refractivity contribution in [1.82, 2.24) is 0 Å². The molecule has 1 unspecified atom stereocenters. The summed E-state index contributed by atoms with van der Waals surface area (Å²) in [6.07, 6.45) is 7.60. The monoisotopic (exact) mass is 222 g/mol. The van der Waals surface area contributed by atoms with Gasteiger partial charge in [0.25, 0.3) is 0 Å². The Kier molecular flexibility index (Phi) is 2.84. The minimum Gasteiger partial charge on any atom is -0.513 e. The number of fused-ring (bicyclic) bond motifs is 1. The summed E-state index contributed by atoms with van der Waals surface area (Å²) in [4.78, 5) is 0. The van der Waals surface area contributed by atoms with Crippen molar-refractivity contribution in [2.24, 2.45) is 16.7 Å². The normalized spacial score (nSPS) is 41.4. The first-order valence-electron chi connectivity index (χ1n) is 6.73. The number of hydrogen-bond acceptors (Lipinski definition) is 1. The zero-order valence-electron chi connectivity index (χ0n) is 11.3. The minimum absolute atomic E-state index is 0.444. The highest BCUT2D eigenvalue weighted by Gasteiger charge is 2.48. The Labute approximate surface area is 99.9 Å². The Morgan fingerprint density at radius 3 is 2.56 bits per heavy atom. The largest absolute Gasteiger partial charge is 0.513 e. The number of rotatable bonds is 0. The molecule has 0 radical (unpaired) electrons. The number of aliphatic hydroxyl groups is 1. The van der Waals surface area contributed by atoms with Crippen molar-refractivity contribution in [3.8, 4) is 0 Å². The molecular weight excluding hydrogens is 196 g/mol. The molecule has 0 aromatic rings. The number of allylic oxidation sites excluding steroid dienone is 2. The second-order valence-electron chi connectivity index (χ2n) is 6.95. The molecule has 0 heterocycles. The maximum absolute atomic E-state index is 9.69. The molecule has 16 heavy (non-hydrogen) atoms. The first-order valence-corrected chi connectivity index (χ1v) is 6.73. The van der Waals surface area contributed by atoms with Crippen LogP contribution in [0.2, 0.25) is 0 Å². The highest BCUT2D eigenvalue weighted by Crippen LogP contribution is 2.58. The van der Waals surface area contributed by atoms with E-state index in [9.17, 15) is 5.11 Å². The van der Waals surface area contributed by atoms with Crippen LogP contribution < -0.4 is 0 Å². The smallest absolute Gasteiger partial charge is 0.0883 e. The van der Waals surface area contributed by atoms with Crippen molar-refractivity contribution >= 4 is 0 Å². The van der Waals surface area contributed by atoms with Gasteiger partial charge in [0.2, 0.25) is 0 Å². The fourth-order valence-corrected chi connectivity index (χ4v) is 4.39. The van der Waals surface area contributed by atoms with Gasteiger partial charge in [-0.15, -0.1) is 0 Å². The molecule has 0 amide bonds. The number of hydrogen-bond donors (Lipinski definition) is 1. The van der Waals surface area contributed by atoms with Crippen molar-refractivity contribution in [3.05, 3.63) is 11.3 Å². The Hall–Kier alpha value is -0.460. The summed E-state index contributed by atoms with van der Waals surface area (Å²) in [6, 6.07) is 0. The predicted octanol–water partition coefficient (Wildman–Crippen LogP) is 4.83. The van der Waals surface area contributed by atoms with Gasteiger partial charge in [-0.25, -0.2) is 0 Å². The summed E-state index contributed by atoms with van der Waals surface area (Å²) in [5, 5.41) is 9.69. The van der Waals surface area contributed by atoms with E-state index in [0.29, 0.717) is 16.6 Å². The molecule has 0 aromatic heterocycles. The van der Waals surface area contributed by atoms with E-state index in [0.717, 1.165) is 18.8 Å². The SMILES string of the molecule is C/C(O)=C1\CCC2C(C)(C)CCC[C@@]2(C)C1. The molecule has 2 rings (SSSR count). The van der Waals surface area contributed by atoms with Crippen molar-refractivity contribution < 1.29 is 5.11 Å². The van der Waals surface area contributed by atoms with Crippen LogP contribution in [0, 0.1) is 16.7 Å². The standard InChI is InChI=1S/C15H26O/c1-11(16)12-6-7-13-14(2,3)8-5-9-15(13,4)10-12/h13,16H,5-10H2,1-4H3/b12-11-/t13?,15-/m0/s1. The van der Waals surface area contributed by atoms with E-state index in [4.69, 9.17) is 0 Å². The maximum atomic E-state index is 9.69. The van der Waals surface area contributed by atoms with E-state index in [1.807, 2.05) is 6.92 Å². The fraction of sp³-hybridized carbons (Fsp3) is 0.867. The summed E-state index contributed by atoms with van der Waals surface area (Å²) < 4.78 is 0. The van der Waals surface area contributed by atoms with Crippen molar-refractivity contribution in [3.63, 3.8) is 0 Å². The molecule has 1 N–H and O–H groups in total. The number of aliphatic hydroxyl groups excluding tert-OH is 1. The maximum Gasteiger partial charge on any atom is 0.0883 e. The second kappa shape index (κ2) is 3.78.